The first kappa shape index (κ1) is 12.0. The van der Waals surface area contributed by atoms with E-state index < -0.39 is 0 Å². The van der Waals surface area contributed by atoms with Gasteiger partial charge in [-0.15, -0.1) is 0 Å². The van der Waals surface area contributed by atoms with E-state index in [2.05, 4.69) is 32.6 Å². The predicted molar refractivity (Wildman–Crippen MR) is 63.6 cm³/mol. The van der Waals surface area contributed by atoms with Gasteiger partial charge < -0.3 is 0 Å². The molecule has 0 spiro atoms. The van der Waals surface area contributed by atoms with Crippen LogP contribution in [0.5, 0.6) is 0 Å². The van der Waals surface area contributed by atoms with E-state index in [9.17, 15) is 0 Å². The largest absolute Gasteiger partial charge is 0.295 e. The van der Waals surface area contributed by atoms with Gasteiger partial charge in [0.25, 0.3) is 0 Å². The lowest BCUT2D eigenvalue weighted by atomic mass is 10.1. The van der Waals surface area contributed by atoms with E-state index in [0.717, 1.165) is 18.1 Å². The molecule has 0 aliphatic carbocycles. The molecule has 0 saturated carbocycles. The molecule has 0 bridgehead atoms. The number of nitrogens with zero attached hydrogens (tertiary/aromatic N) is 1. The van der Waals surface area contributed by atoms with E-state index in [4.69, 9.17) is 0 Å². The highest BCUT2D eigenvalue weighted by Crippen LogP contribution is 2.29. The summed E-state index contributed by atoms with van der Waals surface area (Å²) in [4.78, 5) is 2.73. The molecule has 0 aromatic carbocycles. The zero-order valence-corrected chi connectivity index (χ0v) is 10.4. The van der Waals surface area contributed by atoms with Crippen LogP contribution in [0.25, 0.3) is 0 Å². The van der Waals surface area contributed by atoms with Crippen LogP contribution in [0.4, 0.5) is 0 Å². The molecular formula is C13H27N. The fraction of sp³-hybridized carbons (Fsp3) is 1.00. The van der Waals surface area contributed by atoms with Crippen LogP contribution < -0.4 is 0 Å². The first-order valence-corrected chi connectivity index (χ1v) is 6.44. The Morgan fingerprint density at radius 2 is 1.93 bits per heavy atom. The van der Waals surface area contributed by atoms with Crippen LogP contribution in [0, 0.1) is 0 Å². The summed E-state index contributed by atoms with van der Waals surface area (Å²) in [5, 5.41) is 0. The predicted octanol–water partition coefficient (Wildman–Crippen LogP) is 3.83. The van der Waals surface area contributed by atoms with E-state index in [1.54, 1.807) is 0 Å². The van der Waals surface area contributed by atoms with Crippen molar-refractivity contribution in [3.8, 4) is 0 Å². The van der Waals surface area contributed by atoms with Gasteiger partial charge in [-0.05, 0) is 40.0 Å². The van der Waals surface area contributed by atoms with Gasteiger partial charge in [0.2, 0.25) is 0 Å². The standard InChI is InChI=1S/C13H27N/c1-5-6-7-8-13-10-9-12(4)14(13)11(2)3/h11-13H,5-10H2,1-4H3. The summed E-state index contributed by atoms with van der Waals surface area (Å²) in [6.07, 6.45) is 8.46. The third-order valence-electron chi connectivity index (χ3n) is 3.59. The molecule has 0 aromatic heterocycles. The highest BCUT2D eigenvalue weighted by atomic mass is 15.2. The van der Waals surface area contributed by atoms with Gasteiger partial charge in [0, 0.05) is 18.1 Å². The average Bonchev–Trinajstić information content (AvgIpc) is 2.47. The second-order valence-corrected chi connectivity index (χ2v) is 5.12. The molecule has 2 atom stereocenters. The van der Waals surface area contributed by atoms with Gasteiger partial charge >= 0.3 is 0 Å². The molecule has 14 heavy (non-hydrogen) atoms. The van der Waals surface area contributed by atoms with Crippen molar-refractivity contribution in [2.75, 3.05) is 0 Å². The van der Waals surface area contributed by atoms with Crippen LogP contribution in [-0.2, 0) is 0 Å². The monoisotopic (exact) mass is 197 g/mol. The van der Waals surface area contributed by atoms with Crippen LogP contribution in [0.1, 0.15) is 66.2 Å². The normalized spacial score (nSPS) is 28.9. The second kappa shape index (κ2) is 5.75. The Morgan fingerprint density at radius 3 is 2.50 bits per heavy atom. The molecule has 1 heteroatoms. The molecule has 1 fully saturated rings. The summed E-state index contributed by atoms with van der Waals surface area (Å²) in [5.74, 6) is 0. The molecule has 1 rings (SSSR count). The summed E-state index contributed by atoms with van der Waals surface area (Å²) >= 11 is 0. The number of unbranched alkanes of at least 4 members (excludes halogenated alkanes) is 2. The first-order valence-electron chi connectivity index (χ1n) is 6.44. The Balaban J connectivity index is 2.35. The van der Waals surface area contributed by atoms with Gasteiger partial charge in [-0.25, -0.2) is 0 Å². The van der Waals surface area contributed by atoms with Crippen molar-refractivity contribution in [2.24, 2.45) is 0 Å². The van der Waals surface area contributed by atoms with E-state index in [-0.39, 0.29) is 0 Å². The van der Waals surface area contributed by atoms with Crippen LogP contribution in [0.15, 0.2) is 0 Å². The quantitative estimate of drug-likeness (QED) is 0.605. The Labute approximate surface area is 89.9 Å². The molecule has 0 aromatic rings. The van der Waals surface area contributed by atoms with E-state index >= 15 is 0 Å². The fourth-order valence-electron chi connectivity index (χ4n) is 2.95. The molecule has 1 aliphatic rings. The van der Waals surface area contributed by atoms with Crippen molar-refractivity contribution in [1.29, 1.82) is 0 Å². The summed E-state index contributed by atoms with van der Waals surface area (Å²) in [7, 11) is 0. The minimum atomic E-state index is 0.735. The molecule has 84 valence electrons. The molecule has 0 N–H and O–H groups in total. The third kappa shape index (κ3) is 2.98. The highest BCUT2D eigenvalue weighted by molar-refractivity contribution is 4.86. The average molecular weight is 197 g/mol. The molecular weight excluding hydrogens is 170 g/mol. The smallest absolute Gasteiger partial charge is 0.0101 e. The van der Waals surface area contributed by atoms with Crippen LogP contribution >= 0.6 is 0 Å². The van der Waals surface area contributed by atoms with Crippen molar-refractivity contribution in [3.05, 3.63) is 0 Å². The van der Waals surface area contributed by atoms with Crippen molar-refractivity contribution in [2.45, 2.75) is 84.3 Å². The lowest BCUT2D eigenvalue weighted by Crippen LogP contribution is -2.39. The SMILES string of the molecule is CCCCCC1CCC(C)N1C(C)C. The zero-order valence-electron chi connectivity index (χ0n) is 10.4. The fourth-order valence-corrected chi connectivity index (χ4v) is 2.95. The van der Waals surface area contributed by atoms with Crippen molar-refractivity contribution in [1.82, 2.24) is 4.90 Å². The van der Waals surface area contributed by atoms with E-state index in [1.807, 2.05) is 0 Å². The molecule has 1 heterocycles. The van der Waals surface area contributed by atoms with Crippen molar-refractivity contribution in [3.63, 3.8) is 0 Å². The topological polar surface area (TPSA) is 3.24 Å². The second-order valence-electron chi connectivity index (χ2n) is 5.12. The maximum atomic E-state index is 2.73. The molecule has 2 unspecified atom stereocenters. The Kier molecular flexibility index (Phi) is 4.94. The van der Waals surface area contributed by atoms with Crippen molar-refractivity contribution >= 4 is 0 Å². The third-order valence-corrected chi connectivity index (χ3v) is 3.59. The molecule has 1 saturated heterocycles. The maximum Gasteiger partial charge on any atom is 0.0101 e. The summed E-state index contributed by atoms with van der Waals surface area (Å²) < 4.78 is 0. The van der Waals surface area contributed by atoms with Crippen LogP contribution in [0.3, 0.4) is 0 Å². The van der Waals surface area contributed by atoms with Gasteiger partial charge in [0.15, 0.2) is 0 Å². The van der Waals surface area contributed by atoms with E-state index in [0.29, 0.717) is 0 Å². The van der Waals surface area contributed by atoms with Gasteiger partial charge in [0.05, 0.1) is 0 Å². The van der Waals surface area contributed by atoms with Crippen LogP contribution in [-0.4, -0.2) is 23.0 Å². The van der Waals surface area contributed by atoms with Gasteiger partial charge in [-0.1, -0.05) is 26.2 Å². The number of hydrogen-bond donors (Lipinski definition) is 0. The minimum absolute atomic E-state index is 0.735. The Morgan fingerprint density at radius 1 is 1.21 bits per heavy atom. The maximum absolute atomic E-state index is 2.73. The number of likely N-dealkylation sites (tertiary alicyclic amines) is 1. The lowest BCUT2D eigenvalue weighted by Gasteiger charge is -2.32. The first-order chi connectivity index (χ1) is 6.66. The lowest BCUT2D eigenvalue weighted by molar-refractivity contribution is 0.149. The minimum Gasteiger partial charge on any atom is -0.295 e. The molecule has 1 nitrogen and oxygen atoms in total. The van der Waals surface area contributed by atoms with Gasteiger partial charge in [0.1, 0.15) is 0 Å². The summed E-state index contributed by atoms with van der Waals surface area (Å²) in [6, 6.07) is 2.44. The van der Waals surface area contributed by atoms with Crippen LogP contribution in [0.2, 0.25) is 0 Å². The van der Waals surface area contributed by atoms with Crippen molar-refractivity contribution < 1.29 is 0 Å². The number of rotatable bonds is 5. The Hall–Kier alpha value is -0.0400. The number of hydrogen-bond acceptors (Lipinski definition) is 1. The summed E-state index contributed by atoms with van der Waals surface area (Å²) in [5.41, 5.74) is 0. The van der Waals surface area contributed by atoms with Gasteiger partial charge in [-0.3, -0.25) is 4.90 Å². The zero-order chi connectivity index (χ0) is 10.6. The molecule has 0 radical (unpaired) electrons. The summed E-state index contributed by atoms with van der Waals surface area (Å²) in [6.45, 7) is 9.36. The van der Waals surface area contributed by atoms with E-state index in [1.165, 1.54) is 38.5 Å². The highest BCUT2D eigenvalue weighted by Gasteiger charge is 2.31. The molecule has 0 amide bonds. The Bertz CT molecular complexity index is 153. The molecule has 1 aliphatic heterocycles. The van der Waals surface area contributed by atoms with Gasteiger partial charge in [-0.2, -0.15) is 0 Å².